The first-order valence-electron chi connectivity index (χ1n) is 4.90. The summed E-state index contributed by atoms with van der Waals surface area (Å²) in [6.45, 7) is 1.90. The normalized spacial score (nSPS) is 19.1. The second-order valence-electron chi connectivity index (χ2n) is 3.63. The first-order chi connectivity index (χ1) is 6.79. The standard InChI is InChI=1S/C11H16N2O/c1-12-9-3-5-10(6-4-9)13(2)7-11-8-14-11/h3-6,11-12H,7-8H2,1-2H3. The van der Waals surface area contributed by atoms with Gasteiger partial charge in [0.25, 0.3) is 0 Å². The highest BCUT2D eigenvalue weighted by Gasteiger charge is 2.23. The Bertz CT molecular complexity index is 293. The number of ether oxygens (including phenoxy) is 1. The molecule has 1 aliphatic heterocycles. The highest BCUT2D eigenvalue weighted by atomic mass is 16.6. The van der Waals surface area contributed by atoms with Crippen LogP contribution in [0.3, 0.4) is 0 Å². The maximum Gasteiger partial charge on any atom is 0.0984 e. The summed E-state index contributed by atoms with van der Waals surface area (Å²) in [6.07, 6.45) is 0.448. The van der Waals surface area contributed by atoms with Crippen LogP contribution in [0, 0.1) is 0 Å². The molecule has 0 saturated carbocycles. The molecule has 1 aliphatic rings. The van der Waals surface area contributed by atoms with E-state index in [2.05, 4.69) is 41.5 Å². The Morgan fingerprint density at radius 1 is 1.43 bits per heavy atom. The fourth-order valence-corrected chi connectivity index (χ4v) is 1.47. The Morgan fingerprint density at radius 2 is 2.07 bits per heavy atom. The van der Waals surface area contributed by atoms with Gasteiger partial charge < -0.3 is 15.0 Å². The fraction of sp³-hybridized carbons (Fsp3) is 0.455. The van der Waals surface area contributed by atoms with Crippen LogP contribution in [-0.2, 0) is 4.74 Å². The molecule has 0 amide bonds. The van der Waals surface area contributed by atoms with E-state index in [1.807, 2.05) is 7.05 Å². The molecule has 1 aromatic rings. The summed E-state index contributed by atoms with van der Waals surface area (Å²) in [5.41, 5.74) is 2.38. The minimum Gasteiger partial charge on any atom is -0.388 e. The number of benzene rings is 1. The average molecular weight is 192 g/mol. The SMILES string of the molecule is CNc1ccc(N(C)CC2CO2)cc1. The van der Waals surface area contributed by atoms with Crippen LogP contribution in [0.1, 0.15) is 0 Å². The zero-order valence-electron chi connectivity index (χ0n) is 8.66. The number of anilines is 2. The van der Waals surface area contributed by atoms with Crippen molar-refractivity contribution >= 4 is 11.4 Å². The van der Waals surface area contributed by atoms with Gasteiger partial charge in [-0.05, 0) is 24.3 Å². The third-order valence-electron chi connectivity index (χ3n) is 2.48. The van der Waals surface area contributed by atoms with Crippen molar-refractivity contribution in [1.82, 2.24) is 0 Å². The Kier molecular flexibility index (Phi) is 2.59. The lowest BCUT2D eigenvalue weighted by Gasteiger charge is -2.18. The number of nitrogens with one attached hydrogen (secondary N) is 1. The van der Waals surface area contributed by atoms with Gasteiger partial charge in [-0.15, -0.1) is 0 Å². The van der Waals surface area contributed by atoms with Gasteiger partial charge in [0, 0.05) is 32.0 Å². The molecule has 14 heavy (non-hydrogen) atoms. The highest BCUT2D eigenvalue weighted by Crippen LogP contribution is 2.19. The van der Waals surface area contributed by atoms with E-state index in [9.17, 15) is 0 Å². The third-order valence-corrected chi connectivity index (χ3v) is 2.48. The summed E-state index contributed by atoms with van der Waals surface area (Å²) in [5.74, 6) is 0. The van der Waals surface area contributed by atoms with Crippen LogP contribution >= 0.6 is 0 Å². The van der Waals surface area contributed by atoms with Crippen molar-refractivity contribution in [3.63, 3.8) is 0 Å². The van der Waals surface area contributed by atoms with Gasteiger partial charge >= 0.3 is 0 Å². The lowest BCUT2D eigenvalue weighted by Crippen LogP contribution is -2.22. The Balaban J connectivity index is 1.99. The second-order valence-corrected chi connectivity index (χ2v) is 3.63. The molecule has 0 bridgehead atoms. The number of hydrogen-bond donors (Lipinski definition) is 1. The number of likely N-dealkylation sites (N-methyl/N-ethyl adjacent to an activating group) is 1. The second kappa shape index (κ2) is 3.88. The molecule has 1 N–H and O–H groups in total. The molecule has 0 aromatic heterocycles. The van der Waals surface area contributed by atoms with E-state index in [1.165, 1.54) is 5.69 Å². The van der Waals surface area contributed by atoms with Crippen molar-refractivity contribution in [3.05, 3.63) is 24.3 Å². The van der Waals surface area contributed by atoms with Gasteiger partial charge in [-0.1, -0.05) is 0 Å². The molecule has 1 aromatic carbocycles. The highest BCUT2D eigenvalue weighted by molar-refractivity contribution is 5.54. The van der Waals surface area contributed by atoms with E-state index in [1.54, 1.807) is 0 Å². The van der Waals surface area contributed by atoms with Crippen molar-refractivity contribution in [2.45, 2.75) is 6.10 Å². The monoisotopic (exact) mass is 192 g/mol. The predicted molar refractivity (Wildman–Crippen MR) is 59.0 cm³/mol. The summed E-state index contributed by atoms with van der Waals surface area (Å²) < 4.78 is 5.19. The maximum atomic E-state index is 5.19. The predicted octanol–water partition coefficient (Wildman–Crippen LogP) is 1.56. The van der Waals surface area contributed by atoms with Crippen LogP contribution in [0.25, 0.3) is 0 Å². The molecule has 0 spiro atoms. The van der Waals surface area contributed by atoms with Crippen molar-refractivity contribution < 1.29 is 4.74 Å². The van der Waals surface area contributed by atoms with Crippen LogP contribution < -0.4 is 10.2 Å². The fourth-order valence-electron chi connectivity index (χ4n) is 1.47. The third kappa shape index (κ3) is 2.17. The smallest absolute Gasteiger partial charge is 0.0984 e. The molecule has 2 rings (SSSR count). The van der Waals surface area contributed by atoms with Crippen molar-refractivity contribution in [3.8, 4) is 0 Å². The van der Waals surface area contributed by atoms with Gasteiger partial charge in [0.15, 0.2) is 0 Å². The number of rotatable bonds is 4. The summed E-state index contributed by atoms with van der Waals surface area (Å²) in [7, 11) is 4.02. The topological polar surface area (TPSA) is 27.8 Å². The quantitative estimate of drug-likeness (QED) is 0.734. The summed E-state index contributed by atoms with van der Waals surface area (Å²) >= 11 is 0. The largest absolute Gasteiger partial charge is 0.388 e. The summed E-state index contributed by atoms with van der Waals surface area (Å²) in [5, 5.41) is 3.10. The van der Waals surface area contributed by atoms with Crippen LogP contribution in [0.5, 0.6) is 0 Å². The Hall–Kier alpha value is -1.22. The molecular weight excluding hydrogens is 176 g/mol. The molecule has 3 nitrogen and oxygen atoms in total. The molecule has 1 atom stereocenters. The van der Waals surface area contributed by atoms with E-state index in [4.69, 9.17) is 4.74 Å². The number of nitrogens with zero attached hydrogens (tertiary/aromatic N) is 1. The van der Waals surface area contributed by atoms with E-state index >= 15 is 0 Å². The lowest BCUT2D eigenvalue weighted by atomic mass is 10.2. The first-order valence-corrected chi connectivity index (χ1v) is 4.90. The minimum atomic E-state index is 0.448. The van der Waals surface area contributed by atoms with Gasteiger partial charge in [0.2, 0.25) is 0 Å². The molecule has 1 heterocycles. The van der Waals surface area contributed by atoms with Gasteiger partial charge in [-0.2, -0.15) is 0 Å². The number of epoxide rings is 1. The zero-order chi connectivity index (χ0) is 9.97. The molecule has 1 fully saturated rings. The van der Waals surface area contributed by atoms with Crippen molar-refractivity contribution in [2.75, 3.05) is 37.5 Å². The number of hydrogen-bond acceptors (Lipinski definition) is 3. The van der Waals surface area contributed by atoms with Crippen LogP contribution in [0.2, 0.25) is 0 Å². The first kappa shape index (κ1) is 9.34. The van der Waals surface area contributed by atoms with Gasteiger partial charge in [0.1, 0.15) is 0 Å². The molecule has 3 heteroatoms. The summed E-state index contributed by atoms with van der Waals surface area (Å²) in [4.78, 5) is 2.22. The van der Waals surface area contributed by atoms with E-state index in [-0.39, 0.29) is 0 Å². The van der Waals surface area contributed by atoms with Crippen LogP contribution in [-0.4, -0.2) is 33.4 Å². The lowest BCUT2D eigenvalue weighted by molar-refractivity contribution is 0.410. The van der Waals surface area contributed by atoms with Gasteiger partial charge in [0.05, 0.1) is 12.7 Å². The van der Waals surface area contributed by atoms with Gasteiger partial charge in [-0.25, -0.2) is 0 Å². The van der Waals surface area contributed by atoms with E-state index < -0.39 is 0 Å². The molecule has 0 radical (unpaired) electrons. The maximum absolute atomic E-state index is 5.19. The minimum absolute atomic E-state index is 0.448. The van der Waals surface area contributed by atoms with Crippen molar-refractivity contribution in [1.29, 1.82) is 0 Å². The Morgan fingerprint density at radius 3 is 2.57 bits per heavy atom. The molecule has 76 valence electrons. The average Bonchev–Trinajstić information content (AvgIpc) is 3.02. The van der Waals surface area contributed by atoms with E-state index in [0.29, 0.717) is 6.10 Å². The molecule has 1 unspecified atom stereocenters. The van der Waals surface area contributed by atoms with E-state index in [0.717, 1.165) is 18.8 Å². The van der Waals surface area contributed by atoms with Crippen LogP contribution in [0.15, 0.2) is 24.3 Å². The molecule has 0 aliphatic carbocycles. The zero-order valence-corrected chi connectivity index (χ0v) is 8.66. The summed E-state index contributed by atoms with van der Waals surface area (Å²) in [6, 6.07) is 8.40. The molecular formula is C11H16N2O. The van der Waals surface area contributed by atoms with Crippen LogP contribution in [0.4, 0.5) is 11.4 Å². The van der Waals surface area contributed by atoms with Gasteiger partial charge in [-0.3, -0.25) is 0 Å². The Labute approximate surface area is 84.7 Å². The van der Waals surface area contributed by atoms with Crippen molar-refractivity contribution in [2.24, 2.45) is 0 Å². The molecule has 1 saturated heterocycles.